The highest BCUT2D eigenvalue weighted by Gasteiger charge is 2.13. The lowest BCUT2D eigenvalue weighted by atomic mass is 9.90. The highest BCUT2D eigenvalue weighted by molar-refractivity contribution is 5.23. The van der Waals surface area contributed by atoms with Crippen LogP contribution in [0.1, 0.15) is 30.4 Å². The molecule has 1 fully saturated rings. The average molecular weight is 235 g/mol. The van der Waals surface area contributed by atoms with Crippen LogP contribution in [-0.2, 0) is 12.8 Å². The predicted molar refractivity (Wildman–Crippen MR) is 70.0 cm³/mol. The van der Waals surface area contributed by atoms with E-state index < -0.39 is 0 Å². The van der Waals surface area contributed by atoms with Gasteiger partial charge in [-0.1, -0.05) is 24.3 Å². The Morgan fingerprint density at radius 2 is 1.71 bits per heavy atom. The molecular formula is C15H22FN. The van der Waals surface area contributed by atoms with Crippen LogP contribution in [0.3, 0.4) is 0 Å². The Hall–Kier alpha value is -0.890. The summed E-state index contributed by atoms with van der Waals surface area (Å²) < 4.78 is 12.1. The molecule has 0 unspecified atom stereocenters. The van der Waals surface area contributed by atoms with E-state index in [1.54, 1.807) is 0 Å². The molecule has 17 heavy (non-hydrogen) atoms. The maximum absolute atomic E-state index is 12.1. The molecule has 1 aliphatic heterocycles. The predicted octanol–water partition coefficient (Wildman–Crippen LogP) is 3.13. The molecule has 1 N–H and O–H groups in total. The van der Waals surface area contributed by atoms with E-state index in [9.17, 15) is 4.39 Å². The molecule has 1 aromatic rings. The lowest BCUT2D eigenvalue weighted by Gasteiger charge is -2.22. The van der Waals surface area contributed by atoms with E-state index in [0.29, 0.717) is 6.42 Å². The van der Waals surface area contributed by atoms with Gasteiger partial charge in [0.25, 0.3) is 0 Å². The van der Waals surface area contributed by atoms with Gasteiger partial charge in [0.1, 0.15) is 0 Å². The normalized spacial score (nSPS) is 17.2. The van der Waals surface area contributed by atoms with Crippen molar-refractivity contribution in [1.29, 1.82) is 0 Å². The highest BCUT2D eigenvalue weighted by atomic mass is 19.1. The lowest BCUT2D eigenvalue weighted by Crippen LogP contribution is -2.28. The fraction of sp³-hybridized carbons (Fsp3) is 0.600. The Kier molecular flexibility index (Phi) is 4.99. The molecule has 0 atom stereocenters. The third kappa shape index (κ3) is 4.12. The number of hydrogen-bond donors (Lipinski definition) is 1. The van der Waals surface area contributed by atoms with Gasteiger partial charge in [0.2, 0.25) is 0 Å². The van der Waals surface area contributed by atoms with Crippen molar-refractivity contribution in [3.05, 3.63) is 35.4 Å². The van der Waals surface area contributed by atoms with Crippen LogP contribution in [0.15, 0.2) is 24.3 Å². The average Bonchev–Trinajstić information content (AvgIpc) is 2.39. The molecule has 1 saturated heterocycles. The molecule has 0 bridgehead atoms. The summed E-state index contributed by atoms with van der Waals surface area (Å²) in [5, 5.41) is 3.40. The molecule has 94 valence electrons. The fourth-order valence-corrected chi connectivity index (χ4v) is 2.53. The summed E-state index contributed by atoms with van der Waals surface area (Å²) in [7, 11) is 0. The minimum absolute atomic E-state index is 0.211. The number of piperidine rings is 1. The van der Waals surface area contributed by atoms with E-state index in [2.05, 4.69) is 29.6 Å². The number of halogens is 1. The van der Waals surface area contributed by atoms with Crippen molar-refractivity contribution >= 4 is 0 Å². The minimum Gasteiger partial charge on any atom is -0.317 e. The standard InChI is InChI=1S/C15H22FN/c16-9-1-2-13-3-5-14(6-4-13)12-15-7-10-17-11-8-15/h3-6,15,17H,1-2,7-12H2. The first-order valence-corrected chi connectivity index (χ1v) is 6.73. The molecule has 1 aromatic carbocycles. The van der Waals surface area contributed by atoms with Crippen LogP contribution in [0.4, 0.5) is 4.39 Å². The van der Waals surface area contributed by atoms with Gasteiger partial charge < -0.3 is 5.32 Å². The number of alkyl halides is 1. The molecule has 0 spiro atoms. The van der Waals surface area contributed by atoms with Crippen molar-refractivity contribution in [2.75, 3.05) is 19.8 Å². The van der Waals surface area contributed by atoms with Crippen LogP contribution >= 0.6 is 0 Å². The first kappa shape index (κ1) is 12.6. The zero-order chi connectivity index (χ0) is 11.9. The van der Waals surface area contributed by atoms with Gasteiger partial charge in [0.05, 0.1) is 6.67 Å². The van der Waals surface area contributed by atoms with E-state index in [0.717, 1.165) is 12.3 Å². The lowest BCUT2D eigenvalue weighted by molar-refractivity contribution is 0.372. The second-order valence-electron chi connectivity index (χ2n) is 5.01. The Balaban J connectivity index is 1.84. The van der Waals surface area contributed by atoms with Crippen molar-refractivity contribution in [2.45, 2.75) is 32.1 Å². The van der Waals surface area contributed by atoms with Gasteiger partial charge in [-0.2, -0.15) is 0 Å². The van der Waals surface area contributed by atoms with Gasteiger partial charge in [-0.25, -0.2) is 0 Å². The first-order valence-electron chi connectivity index (χ1n) is 6.73. The molecule has 0 saturated carbocycles. The fourth-order valence-electron chi connectivity index (χ4n) is 2.53. The molecule has 0 amide bonds. The third-order valence-electron chi connectivity index (χ3n) is 3.61. The maximum atomic E-state index is 12.1. The molecule has 0 radical (unpaired) electrons. The van der Waals surface area contributed by atoms with Crippen LogP contribution in [0.2, 0.25) is 0 Å². The third-order valence-corrected chi connectivity index (χ3v) is 3.61. The topological polar surface area (TPSA) is 12.0 Å². The largest absolute Gasteiger partial charge is 0.317 e. The summed E-state index contributed by atoms with van der Waals surface area (Å²) in [4.78, 5) is 0. The van der Waals surface area contributed by atoms with Gasteiger partial charge in [-0.05, 0) is 62.2 Å². The van der Waals surface area contributed by atoms with E-state index in [4.69, 9.17) is 0 Å². The van der Waals surface area contributed by atoms with E-state index in [1.165, 1.54) is 43.5 Å². The summed E-state index contributed by atoms with van der Waals surface area (Å²) in [5.74, 6) is 0.841. The summed E-state index contributed by atoms with van der Waals surface area (Å²) in [6.07, 6.45) is 5.30. The molecule has 1 aliphatic rings. The highest BCUT2D eigenvalue weighted by Crippen LogP contribution is 2.18. The van der Waals surface area contributed by atoms with Crippen LogP contribution in [-0.4, -0.2) is 19.8 Å². The van der Waals surface area contributed by atoms with E-state index in [1.807, 2.05) is 0 Å². The van der Waals surface area contributed by atoms with Crippen molar-refractivity contribution in [2.24, 2.45) is 5.92 Å². The number of nitrogens with one attached hydrogen (secondary N) is 1. The van der Waals surface area contributed by atoms with Crippen LogP contribution in [0.5, 0.6) is 0 Å². The monoisotopic (exact) mass is 235 g/mol. The Morgan fingerprint density at radius 3 is 2.35 bits per heavy atom. The van der Waals surface area contributed by atoms with E-state index in [-0.39, 0.29) is 6.67 Å². The Labute approximate surface area is 103 Å². The van der Waals surface area contributed by atoms with Crippen molar-refractivity contribution in [1.82, 2.24) is 5.32 Å². The van der Waals surface area contributed by atoms with Gasteiger partial charge in [-0.3, -0.25) is 4.39 Å². The quantitative estimate of drug-likeness (QED) is 0.826. The summed E-state index contributed by atoms with van der Waals surface area (Å²) in [6.45, 7) is 2.12. The van der Waals surface area contributed by atoms with Gasteiger partial charge in [0.15, 0.2) is 0 Å². The van der Waals surface area contributed by atoms with Gasteiger partial charge in [-0.15, -0.1) is 0 Å². The number of benzene rings is 1. The number of hydrogen-bond acceptors (Lipinski definition) is 1. The van der Waals surface area contributed by atoms with Crippen LogP contribution in [0, 0.1) is 5.92 Å². The molecule has 2 rings (SSSR count). The summed E-state index contributed by atoms with van der Waals surface area (Å²) in [5.41, 5.74) is 2.69. The van der Waals surface area contributed by atoms with Gasteiger partial charge >= 0.3 is 0 Å². The molecule has 0 aliphatic carbocycles. The second kappa shape index (κ2) is 6.75. The smallest absolute Gasteiger partial charge is 0.0897 e. The zero-order valence-electron chi connectivity index (χ0n) is 10.4. The summed E-state index contributed by atoms with van der Waals surface area (Å²) >= 11 is 0. The van der Waals surface area contributed by atoms with Crippen molar-refractivity contribution in [3.63, 3.8) is 0 Å². The van der Waals surface area contributed by atoms with Crippen molar-refractivity contribution < 1.29 is 4.39 Å². The Bertz CT molecular complexity index is 314. The van der Waals surface area contributed by atoms with Crippen molar-refractivity contribution in [3.8, 4) is 0 Å². The van der Waals surface area contributed by atoms with Gasteiger partial charge in [0, 0.05) is 0 Å². The first-order chi connectivity index (χ1) is 8.38. The molecular weight excluding hydrogens is 213 g/mol. The minimum atomic E-state index is -0.211. The maximum Gasteiger partial charge on any atom is 0.0897 e. The summed E-state index contributed by atoms with van der Waals surface area (Å²) in [6, 6.07) is 8.75. The molecule has 1 nitrogen and oxygen atoms in total. The second-order valence-corrected chi connectivity index (χ2v) is 5.01. The van der Waals surface area contributed by atoms with Crippen LogP contribution in [0.25, 0.3) is 0 Å². The van der Waals surface area contributed by atoms with E-state index >= 15 is 0 Å². The molecule has 0 aromatic heterocycles. The molecule has 2 heteroatoms. The zero-order valence-corrected chi connectivity index (χ0v) is 10.4. The molecule has 1 heterocycles. The SMILES string of the molecule is FCCCc1ccc(CC2CCNCC2)cc1. The number of rotatable bonds is 5. The Morgan fingerprint density at radius 1 is 1.06 bits per heavy atom. The number of aryl methyl sites for hydroxylation is 1. The van der Waals surface area contributed by atoms with Crippen LogP contribution < -0.4 is 5.32 Å².